The Morgan fingerprint density at radius 2 is 1.16 bits per heavy atom. The van der Waals surface area contributed by atoms with Gasteiger partial charge in [-0.2, -0.15) is 8.78 Å². The van der Waals surface area contributed by atoms with Crippen molar-refractivity contribution in [3.05, 3.63) is 58.0 Å². The van der Waals surface area contributed by atoms with Crippen molar-refractivity contribution in [3.63, 3.8) is 0 Å². The Balaban J connectivity index is 0.000000275. The number of unbranched alkanes of at least 4 members (excludes halogenated alkanes) is 6. The molecule has 0 aliphatic carbocycles. The highest BCUT2D eigenvalue weighted by molar-refractivity contribution is 9.09. The standard InChI is InChI=1S/C14H15BrFNO2S.C14H16FNO3S.CH2Cl2/c15-8-4-2-1-3-5-11(18)10-9-12(19-17-10)13-6-7-14(16)20-13;15-14-7-6-13(20-14)12-9-10(16-19-12)11(18)5-3-1-2-4-8-17;2-1-3/h6-7,9H,1-5,8H2;6-7,9,17H,1-5,8H2;1H2. The number of aliphatic hydroxyl groups is 1. The minimum Gasteiger partial charge on any atom is -0.396 e. The van der Waals surface area contributed by atoms with Crippen molar-refractivity contribution >= 4 is 73.4 Å². The number of halogens is 5. The topological polar surface area (TPSA) is 106 Å². The van der Waals surface area contributed by atoms with E-state index in [0.29, 0.717) is 39.8 Å². The zero-order chi connectivity index (χ0) is 31.5. The van der Waals surface area contributed by atoms with Crippen LogP contribution in [0.5, 0.6) is 0 Å². The zero-order valence-electron chi connectivity index (χ0n) is 23.3. The second-order valence-electron chi connectivity index (χ2n) is 9.05. The summed E-state index contributed by atoms with van der Waals surface area (Å²) < 4.78 is 36.0. The fourth-order valence-corrected chi connectivity index (χ4v) is 5.43. The summed E-state index contributed by atoms with van der Waals surface area (Å²) in [5.41, 5.74) is 0.616. The molecule has 0 fully saturated rings. The molecule has 236 valence electrons. The molecule has 4 rings (SSSR count). The Labute approximate surface area is 275 Å². The Morgan fingerprint density at radius 1 is 0.744 bits per heavy atom. The van der Waals surface area contributed by atoms with Crippen LogP contribution in [0.4, 0.5) is 8.78 Å². The minimum atomic E-state index is -0.298. The maximum Gasteiger partial charge on any atom is 0.184 e. The maximum absolute atomic E-state index is 12.9. The monoisotopic (exact) mass is 740 g/mol. The number of alkyl halides is 3. The molecule has 7 nitrogen and oxygen atoms in total. The Kier molecular flexibility index (Phi) is 18.8. The van der Waals surface area contributed by atoms with Gasteiger partial charge in [0.2, 0.25) is 0 Å². The zero-order valence-corrected chi connectivity index (χ0v) is 28.1. The van der Waals surface area contributed by atoms with Crippen LogP contribution in [-0.2, 0) is 0 Å². The normalized spacial score (nSPS) is 10.6. The van der Waals surface area contributed by atoms with Crippen LogP contribution in [-0.4, -0.2) is 44.3 Å². The van der Waals surface area contributed by atoms with Crippen LogP contribution in [0.2, 0.25) is 0 Å². The number of hydrogen-bond donors (Lipinski definition) is 1. The SMILES string of the molecule is ClCCl.O=C(CCCCCCBr)c1cc(-c2ccc(F)s2)on1.O=C(CCCCCCO)c1cc(-c2ccc(F)s2)on1. The van der Waals surface area contributed by atoms with E-state index in [4.69, 9.17) is 37.4 Å². The van der Waals surface area contributed by atoms with Gasteiger partial charge < -0.3 is 14.2 Å². The number of Topliss-reactive ketones (excluding diaryl/α,β-unsaturated/α-hetero) is 2. The van der Waals surface area contributed by atoms with E-state index >= 15 is 0 Å². The molecule has 4 aromatic heterocycles. The lowest BCUT2D eigenvalue weighted by molar-refractivity contribution is 0.0962. The smallest absolute Gasteiger partial charge is 0.184 e. The molecule has 0 atom stereocenters. The summed E-state index contributed by atoms with van der Waals surface area (Å²) in [6.45, 7) is 0.192. The highest BCUT2D eigenvalue weighted by Gasteiger charge is 2.16. The fraction of sp³-hybridized carbons (Fsp3) is 0.448. The number of aliphatic hydroxyl groups excluding tert-OH is 1. The molecule has 0 saturated heterocycles. The summed E-state index contributed by atoms with van der Waals surface area (Å²) in [6, 6.07) is 9.09. The van der Waals surface area contributed by atoms with Gasteiger partial charge in [0.25, 0.3) is 0 Å². The first-order valence-corrected chi connectivity index (χ1v) is 17.4. The van der Waals surface area contributed by atoms with Crippen molar-refractivity contribution in [1.29, 1.82) is 0 Å². The summed E-state index contributed by atoms with van der Waals surface area (Å²) in [5, 5.41) is 16.8. The predicted molar refractivity (Wildman–Crippen MR) is 172 cm³/mol. The number of carbonyl (C=O) groups excluding carboxylic acids is 2. The van der Waals surface area contributed by atoms with Gasteiger partial charge in [0.05, 0.1) is 15.1 Å². The first-order valence-electron chi connectivity index (χ1n) is 13.6. The van der Waals surface area contributed by atoms with E-state index in [9.17, 15) is 18.4 Å². The second kappa shape index (κ2) is 21.7. The number of carbonyl (C=O) groups is 2. The number of aromatic nitrogens is 2. The molecule has 0 aliphatic heterocycles. The van der Waals surface area contributed by atoms with Gasteiger partial charge in [0.15, 0.2) is 33.3 Å². The van der Waals surface area contributed by atoms with Gasteiger partial charge in [0, 0.05) is 36.9 Å². The van der Waals surface area contributed by atoms with E-state index in [0.717, 1.165) is 79.4 Å². The van der Waals surface area contributed by atoms with Crippen molar-refractivity contribution < 1.29 is 32.5 Å². The first-order chi connectivity index (χ1) is 20.8. The van der Waals surface area contributed by atoms with E-state index in [2.05, 4.69) is 26.2 Å². The third-order valence-electron chi connectivity index (χ3n) is 5.82. The molecule has 0 amide bonds. The number of rotatable bonds is 16. The second-order valence-corrected chi connectivity index (χ2v) is 12.7. The Hall–Kier alpha value is -1.96. The van der Waals surface area contributed by atoms with Crippen LogP contribution >= 0.6 is 61.8 Å². The molecule has 0 bridgehead atoms. The predicted octanol–water partition coefficient (Wildman–Crippen LogP) is 10.2. The third-order valence-corrected chi connectivity index (χ3v) is 8.16. The van der Waals surface area contributed by atoms with E-state index in [1.165, 1.54) is 12.1 Å². The average Bonchev–Trinajstić information content (AvgIpc) is 3.81. The summed E-state index contributed by atoms with van der Waals surface area (Å²) in [4.78, 5) is 25.1. The summed E-state index contributed by atoms with van der Waals surface area (Å²) in [7, 11) is 0. The van der Waals surface area contributed by atoms with Crippen LogP contribution in [0, 0.1) is 10.3 Å². The molecule has 0 aromatic carbocycles. The third kappa shape index (κ3) is 14.1. The van der Waals surface area contributed by atoms with E-state index in [-0.39, 0.29) is 39.5 Å². The van der Waals surface area contributed by atoms with E-state index in [1.54, 1.807) is 24.3 Å². The lowest BCUT2D eigenvalue weighted by Gasteiger charge is -1.97. The summed E-state index contributed by atoms with van der Waals surface area (Å²) >= 11 is 14.8. The highest BCUT2D eigenvalue weighted by Crippen LogP contribution is 2.29. The van der Waals surface area contributed by atoms with Crippen LogP contribution in [0.25, 0.3) is 21.3 Å². The summed E-state index contributed by atoms with van der Waals surface area (Å²) in [5.74, 6) is 0.779. The molecule has 0 radical (unpaired) electrons. The highest BCUT2D eigenvalue weighted by atomic mass is 79.9. The van der Waals surface area contributed by atoms with Crippen LogP contribution < -0.4 is 0 Å². The molecular weight excluding hydrogens is 709 g/mol. The first kappa shape index (κ1) is 37.2. The van der Waals surface area contributed by atoms with Crippen molar-refractivity contribution in [2.24, 2.45) is 0 Å². The van der Waals surface area contributed by atoms with Gasteiger partial charge in [-0.25, -0.2) is 0 Å². The van der Waals surface area contributed by atoms with Gasteiger partial charge >= 0.3 is 0 Å². The molecule has 4 heterocycles. The van der Waals surface area contributed by atoms with Crippen LogP contribution in [0.3, 0.4) is 0 Å². The lowest BCUT2D eigenvalue weighted by atomic mass is 10.1. The van der Waals surface area contributed by atoms with Crippen LogP contribution in [0.1, 0.15) is 85.2 Å². The minimum absolute atomic E-state index is 0.0177. The number of hydrogen-bond acceptors (Lipinski definition) is 9. The van der Waals surface area contributed by atoms with Crippen LogP contribution in [0.15, 0.2) is 45.4 Å². The molecule has 0 saturated carbocycles. The van der Waals surface area contributed by atoms with Gasteiger partial charge in [0.1, 0.15) is 11.4 Å². The van der Waals surface area contributed by atoms with E-state index in [1.807, 2.05) is 0 Å². The van der Waals surface area contributed by atoms with Gasteiger partial charge in [-0.15, -0.1) is 45.9 Å². The van der Waals surface area contributed by atoms with Gasteiger partial charge in [-0.3, -0.25) is 9.59 Å². The lowest BCUT2D eigenvalue weighted by Crippen LogP contribution is -1.99. The number of ketones is 2. The van der Waals surface area contributed by atoms with Crippen molar-refractivity contribution in [2.45, 2.75) is 64.2 Å². The Bertz CT molecular complexity index is 1260. The maximum atomic E-state index is 12.9. The quantitative estimate of drug-likeness (QED) is 0.0692. The average molecular weight is 743 g/mol. The van der Waals surface area contributed by atoms with Crippen molar-refractivity contribution in [2.75, 3.05) is 17.3 Å². The van der Waals surface area contributed by atoms with Gasteiger partial charge in [-0.05, 0) is 49.9 Å². The molecule has 0 spiro atoms. The number of thiophene rings is 2. The molecule has 0 aliphatic rings. The van der Waals surface area contributed by atoms with E-state index < -0.39 is 0 Å². The Morgan fingerprint density at radius 3 is 1.53 bits per heavy atom. The molecule has 14 heteroatoms. The molecule has 43 heavy (non-hydrogen) atoms. The molecule has 1 N–H and O–H groups in total. The summed E-state index contributed by atoms with van der Waals surface area (Å²) in [6.07, 6.45) is 8.42. The molecule has 0 unspecified atom stereocenters. The molecular formula is C29H33BrCl2F2N2O5S2. The number of nitrogens with zero attached hydrogens (tertiary/aromatic N) is 2. The fourth-order valence-electron chi connectivity index (χ4n) is 3.68. The van der Waals surface area contributed by atoms with Crippen molar-refractivity contribution in [3.8, 4) is 21.3 Å². The largest absolute Gasteiger partial charge is 0.396 e. The van der Waals surface area contributed by atoms with Crippen molar-refractivity contribution in [1.82, 2.24) is 10.3 Å². The molecule has 4 aromatic rings. The van der Waals surface area contributed by atoms with Gasteiger partial charge in [-0.1, -0.05) is 51.9 Å².